The second-order valence-corrected chi connectivity index (χ2v) is 7.17. The van der Waals surface area contributed by atoms with Gasteiger partial charge in [0, 0.05) is 37.7 Å². The Morgan fingerprint density at radius 1 is 1.26 bits per heavy atom. The Bertz CT molecular complexity index is 561. The molecular weight excluding hydrogens is 290 g/mol. The van der Waals surface area contributed by atoms with E-state index in [0.717, 1.165) is 38.3 Å². The van der Waals surface area contributed by atoms with Crippen molar-refractivity contribution in [2.45, 2.75) is 12.6 Å². The van der Waals surface area contributed by atoms with E-state index < -0.39 is 0 Å². The molecule has 0 N–H and O–H groups in total. The summed E-state index contributed by atoms with van der Waals surface area (Å²) >= 11 is 0. The summed E-state index contributed by atoms with van der Waals surface area (Å²) in [6.45, 7) is 4.93. The number of fused-ring (bicyclic) bond motifs is 3. The van der Waals surface area contributed by atoms with Gasteiger partial charge in [-0.2, -0.15) is 0 Å². The molecule has 5 heteroatoms. The van der Waals surface area contributed by atoms with Gasteiger partial charge in [0.25, 0.3) is 5.91 Å². The maximum absolute atomic E-state index is 13.1. The summed E-state index contributed by atoms with van der Waals surface area (Å²) in [5.74, 6) is 0.544. The molecule has 3 rings (SSSR count). The average molecular weight is 317 g/mol. The average Bonchev–Trinajstić information content (AvgIpc) is 2.76. The lowest BCUT2D eigenvalue weighted by atomic mass is 10.1. The van der Waals surface area contributed by atoms with E-state index in [1.807, 2.05) is 37.2 Å². The summed E-state index contributed by atoms with van der Waals surface area (Å²) in [5, 5.41) is 0. The minimum atomic E-state index is 0.140. The molecule has 2 aliphatic rings. The minimum absolute atomic E-state index is 0.140. The summed E-state index contributed by atoms with van der Waals surface area (Å²) < 4.78 is 5.78. The standard InChI is InChI=1S/C18H27N3O2/c1-19(2)8-14-5-4-6-16(7-14)18(22)21-10-15-9-20(3)11-17(21)13-23-12-15/h4-7,15,17H,8-13H2,1-3H3/t15-,17-/m0/s1. The van der Waals surface area contributed by atoms with Crippen molar-refractivity contribution in [2.75, 3.05) is 54.0 Å². The van der Waals surface area contributed by atoms with Crippen molar-refractivity contribution in [1.82, 2.24) is 14.7 Å². The summed E-state index contributed by atoms with van der Waals surface area (Å²) in [7, 11) is 6.22. The van der Waals surface area contributed by atoms with E-state index in [4.69, 9.17) is 4.74 Å². The fourth-order valence-electron chi connectivity index (χ4n) is 3.66. The second kappa shape index (κ2) is 6.99. The highest BCUT2D eigenvalue weighted by molar-refractivity contribution is 5.94. The van der Waals surface area contributed by atoms with Gasteiger partial charge in [-0.25, -0.2) is 0 Å². The smallest absolute Gasteiger partial charge is 0.254 e. The molecule has 0 unspecified atom stereocenters. The molecule has 0 saturated carbocycles. The first-order chi connectivity index (χ1) is 11.0. The maximum atomic E-state index is 13.1. The Hall–Kier alpha value is -1.43. The number of nitrogens with zero attached hydrogens (tertiary/aromatic N) is 3. The summed E-state index contributed by atoms with van der Waals surface area (Å²) in [4.78, 5) is 19.6. The van der Waals surface area contributed by atoms with Gasteiger partial charge in [0.15, 0.2) is 0 Å². The topological polar surface area (TPSA) is 36.0 Å². The fourth-order valence-corrected chi connectivity index (χ4v) is 3.66. The molecule has 5 nitrogen and oxygen atoms in total. The number of carbonyl (C=O) groups is 1. The molecule has 1 aromatic rings. The van der Waals surface area contributed by atoms with Crippen molar-refractivity contribution >= 4 is 5.91 Å². The third-order valence-corrected chi connectivity index (χ3v) is 4.59. The van der Waals surface area contributed by atoms with Gasteiger partial charge >= 0.3 is 0 Å². The lowest BCUT2D eigenvalue weighted by molar-refractivity contribution is 0.0483. The van der Waals surface area contributed by atoms with Crippen molar-refractivity contribution in [2.24, 2.45) is 5.92 Å². The van der Waals surface area contributed by atoms with E-state index in [1.165, 1.54) is 5.56 Å². The van der Waals surface area contributed by atoms with Gasteiger partial charge in [0.2, 0.25) is 0 Å². The van der Waals surface area contributed by atoms with E-state index in [9.17, 15) is 4.79 Å². The monoisotopic (exact) mass is 317 g/mol. The van der Waals surface area contributed by atoms with Crippen LogP contribution >= 0.6 is 0 Å². The molecule has 0 radical (unpaired) electrons. The lowest BCUT2D eigenvalue weighted by Gasteiger charge is -2.30. The number of carbonyl (C=O) groups excluding carboxylic acids is 1. The largest absolute Gasteiger partial charge is 0.379 e. The van der Waals surface area contributed by atoms with Crippen LogP contribution in [0.25, 0.3) is 0 Å². The zero-order valence-electron chi connectivity index (χ0n) is 14.4. The molecule has 2 fully saturated rings. The van der Waals surface area contributed by atoms with Crippen LogP contribution in [0.4, 0.5) is 0 Å². The van der Waals surface area contributed by atoms with Gasteiger partial charge in [-0.15, -0.1) is 0 Å². The maximum Gasteiger partial charge on any atom is 0.254 e. The Morgan fingerprint density at radius 2 is 2.09 bits per heavy atom. The molecule has 1 aromatic carbocycles. The van der Waals surface area contributed by atoms with E-state index in [0.29, 0.717) is 12.5 Å². The summed E-state index contributed by atoms with van der Waals surface area (Å²) in [6.07, 6.45) is 0. The number of rotatable bonds is 3. The Labute approximate surface area is 138 Å². The zero-order valence-corrected chi connectivity index (χ0v) is 14.4. The number of hydrogen-bond donors (Lipinski definition) is 0. The van der Waals surface area contributed by atoms with Crippen LogP contribution in [-0.4, -0.2) is 80.6 Å². The first kappa shape index (κ1) is 16.4. The highest BCUT2D eigenvalue weighted by Crippen LogP contribution is 2.21. The molecule has 0 spiro atoms. The van der Waals surface area contributed by atoms with Crippen molar-refractivity contribution < 1.29 is 9.53 Å². The van der Waals surface area contributed by atoms with Crippen LogP contribution in [0.5, 0.6) is 0 Å². The normalized spacial score (nSPS) is 25.5. The molecule has 2 heterocycles. The van der Waals surface area contributed by atoms with Crippen LogP contribution in [-0.2, 0) is 11.3 Å². The van der Waals surface area contributed by atoms with Gasteiger partial charge in [-0.3, -0.25) is 4.79 Å². The van der Waals surface area contributed by atoms with Crippen LogP contribution in [0.15, 0.2) is 24.3 Å². The second-order valence-electron chi connectivity index (χ2n) is 7.17. The molecule has 0 aliphatic carbocycles. The van der Waals surface area contributed by atoms with Gasteiger partial charge in [0.1, 0.15) is 0 Å². The molecule has 2 bridgehead atoms. The third kappa shape index (κ3) is 3.91. The van der Waals surface area contributed by atoms with E-state index in [1.54, 1.807) is 0 Å². The highest BCUT2D eigenvalue weighted by Gasteiger charge is 2.35. The third-order valence-electron chi connectivity index (χ3n) is 4.59. The predicted octanol–water partition coefficient (Wildman–Crippen LogP) is 1.15. The molecule has 2 saturated heterocycles. The van der Waals surface area contributed by atoms with E-state index in [-0.39, 0.29) is 11.9 Å². The Morgan fingerprint density at radius 3 is 2.87 bits per heavy atom. The number of benzene rings is 1. The number of amides is 1. The fraction of sp³-hybridized carbons (Fsp3) is 0.611. The lowest BCUT2D eigenvalue weighted by Crippen LogP contribution is -2.46. The van der Waals surface area contributed by atoms with Gasteiger partial charge < -0.3 is 19.4 Å². The molecule has 0 aromatic heterocycles. The quantitative estimate of drug-likeness (QED) is 0.838. The van der Waals surface area contributed by atoms with E-state index in [2.05, 4.69) is 22.9 Å². The van der Waals surface area contributed by atoms with Crippen molar-refractivity contribution in [3.63, 3.8) is 0 Å². The Balaban J connectivity index is 1.81. The van der Waals surface area contributed by atoms with Crippen LogP contribution in [0, 0.1) is 5.92 Å². The highest BCUT2D eigenvalue weighted by atomic mass is 16.5. The first-order valence-electron chi connectivity index (χ1n) is 8.34. The summed E-state index contributed by atoms with van der Waals surface area (Å²) in [6, 6.07) is 8.17. The first-order valence-corrected chi connectivity index (χ1v) is 8.34. The van der Waals surface area contributed by atoms with Gasteiger partial charge in [-0.05, 0) is 38.8 Å². The molecule has 2 atom stereocenters. The summed E-state index contributed by atoms with van der Waals surface area (Å²) in [5.41, 5.74) is 1.96. The molecule has 1 amide bonds. The number of ether oxygens (including phenoxy) is 1. The molecule has 126 valence electrons. The van der Waals surface area contributed by atoms with E-state index >= 15 is 0 Å². The number of likely N-dealkylation sites (N-methyl/N-ethyl adjacent to an activating group) is 1. The molecule has 23 heavy (non-hydrogen) atoms. The Kier molecular flexibility index (Phi) is 4.99. The van der Waals surface area contributed by atoms with Crippen LogP contribution in [0.2, 0.25) is 0 Å². The van der Waals surface area contributed by atoms with Crippen molar-refractivity contribution in [3.05, 3.63) is 35.4 Å². The van der Waals surface area contributed by atoms with Gasteiger partial charge in [0.05, 0.1) is 19.3 Å². The van der Waals surface area contributed by atoms with Crippen LogP contribution in [0.1, 0.15) is 15.9 Å². The SMILES string of the molecule is CN(C)Cc1cccc(C(=O)N2C[C@H]3COC[C@@H]2CN(C)C3)c1. The van der Waals surface area contributed by atoms with Crippen LogP contribution < -0.4 is 0 Å². The minimum Gasteiger partial charge on any atom is -0.379 e. The van der Waals surface area contributed by atoms with Gasteiger partial charge in [-0.1, -0.05) is 12.1 Å². The zero-order chi connectivity index (χ0) is 16.4. The number of hydrogen-bond acceptors (Lipinski definition) is 4. The predicted molar refractivity (Wildman–Crippen MR) is 90.5 cm³/mol. The molecular formula is C18H27N3O2. The van der Waals surface area contributed by atoms with Crippen molar-refractivity contribution in [3.8, 4) is 0 Å². The van der Waals surface area contributed by atoms with Crippen molar-refractivity contribution in [1.29, 1.82) is 0 Å². The van der Waals surface area contributed by atoms with Crippen LogP contribution in [0.3, 0.4) is 0 Å². The molecule has 2 aliphatic heterocycles.